The van der Waals surface area contributed by atoms with E-state index >= 15 is 0 Å². The summed E-state index contributed by atoms with van der Waals surface area (Å²) in [6.45, 7) is 1.56. The van der Waals surface area contributed by atoms with Crippen LogP contribution in [0.25, 0.3) is 0 Å². The first-order chi connectivity index (χ1) is 9.65. The highest BCUT2D eigenvalue weighted by molar-refractivity contribution is 7.99. The van der Waals surface area contributed by atoms with Gasteiger partial charge in [0.15, 0.2) is 0 Å². The van der Waals surface area contributed by atoms with Crippen LogP contribution in [0.2, 0.25) is 0 Å². The Hall–Kier alpha value is -1.69. The highest BCUT2D eigenvalue weighted by Gasteiger charge is 2.15. The summed E-state index contributed by atoms with van der Waals surface area (Å²) in [7, 11) is 0. The molecule has 2 amide bonds. The van der Waals surface area contributed by atoms with Crippen LogP contribution >= 0.6 is 11.8 Å². The molecule has 0 radical (unpaired) electrons. The number of thioether (sulfide) groups is 1. The maximum atomic E-state index is 12.1. The average Bonchev–Trinajstić information content (AvgIpc) is 2.69. The highest BCUT2D eigenvalue weighted by atomic mass is 32.2. The summed E-state index contributed by atoms with van der Waals surface area (Å²) in [5, 5.41) is 11.6. The summed E-state index contributed by atoms with van der Waals surface area (Å²) in [6, 6.07) is 6.84. The van der Waals surface area contributed by atoms with Gasteiger partial charge < -0.3 is 15.3 Å². The third-order valence-electron chi connectivity index (χ3n) is 3.07. The molecule has 1 fully saturated rings. The fraction of sp³-hybridized carbons (Fsp3) is 0.429. The lowest BCUT2D eigenvalue weighted by molar-refractivity contribution is -0.136. The predicted molar refractivity (Wildman–Crippen MR) is 80.3 cm³/mol. The van der Waals surface area contributed by atoms with Gasteiger partial charge in [-0.1, -0.05) is 12.1 Å². The van der Waals surface area contributed by atoms with Gasteiger partial charge >= 0.3 is 12.0 Å². The van der Waals surface area contributed by atoms with E-state index in [9.17, 15) is 9.59 Å². The fourth-order valence-electron chi connectivity index (χ4n) is 2.03. The Balaban J connectivity index is 1.91. The van der Waals surface area contributed by atoms with E-state index in [0.717, 1.165) is 36.6 Å². The van der Waals surface area contributed by atoms with E-state index in [2.05, 4.69) is 5.32 Å². The predicted octanol–water partition coefficient (Wildman–Crippen LogP) is 2.28. The number of anilines is 1. The number of rotatable bonds is 3. The molecular formula is C14H18N2O3S. The summed E-state index contributed by atoms with van der Waals surface area (Å²) in [6.07, 6.45) is 1.02. The quantitative estimate of drug-likeness (QED) is 0.897. The topological polar surface area (TPSA) is 69.6 Å². The van der Waals surface area contributed by atoms with Crippen molar-refractivity contribution in [3.05, 3.63) is 29.8 Å². The molecule has 1 aliphatic heterocycles. The van der Waals surface area contributed by atoms with Crippen LogP contribution in [0.1, 0.15) is 12.0 Å². The highest BCUT2D eigenvalue weighted by Crippen LogP contribution is 2.14. The Kier molecular flexibility index (Phi) is 5.29. The monoisotopic (exact) mass is 294 g/mol. The van der Waals surface area contributed by atoms with Gasteiger partial charge in [0.1, 0.15) is 0 Å². The Morgan fingerprint density at radius 1 is 1.20 bits per heavy atom. The maximum Gasteiger partial charge on any atom is 0.321 e. The van der Waals surface area contributed by atoms with Gasteiger partial charge in [-0.05, 0) is 29.9 Å². The molecule has 0 aliphatic carbocycles. The SMILES string of the molecule is O=C(O)Cc1ccc(NC(=O)N2CCCSCC2)cc1. The molecule has 0 atom stereocenters. The van der Waals surface area contributed by atoms with Crippen LogP contribution in [0.3, 0.4) is 0 Å². The molecule has 0 saturated carbocycles. The van der Waals surface area contributed by atoms with Crippen molar-refractivity contribution in [2.45, 2.75) is 12.8 Å². The number of urea groups is 1. The van der Waals surface area contributed by atoms with Crippen molar-refractivity contribution in [2.75, 3.05) is 29.9 Å². The fourth-order valence-corrected chi connectivity index (χ4v) is 2.92. The van der Waals surface area contributed by atoms with E-state index in [1.54, 1.807) is 24.3 Å². The van der Waals surface area contributed by atoms with Gasteiger partial charge in [-0.2, -0.15) is 11.8 Å². The van der Waals surface area contributed by atoms with Crippen LogP contribution in [0.5, 0.6) is 0 Å². The summed E-state index contributed by atoms with van der Waals surface area (Å²) < 4.78 is 0. The van der Waals surface area contributed by atoms with Crippen LogP contribution in [0, 0.1) is 0 Å². The van der Waals surface area contributed by atoms with Gasteiger partial charge in [0.2, 0.25) is 0 Å². The maximum absolute atomic E-state index is 12.1. The van der Waals surface area contributed by atoms with Gasteiger partial charge in [0.25, 0.3) is 0 Å². The first-order valence-corrected chi connectivity index (χ1v) is 7.75. The van der Waals surface area contributed by atoms with Crippen LogP contribution in [-0.4, -0.2) is 46.6 Å². The van der Waals surface area contributed by atoms with Crippen molar-refractivity contribution in [3.8, 4) is 0 Å². The number of hydrogen-bond acceptors (Lipinski definition) is 3. The molecule has 1 aliphatic rings. The molecule has 2 rings (SSSR count). The molecule has 1 aromatic carbocycles. The molecule has 2 N–H and O–H groups in total. The van der Waals surface area contributed by atoms with Gasteiger partial charge in [0, 0.05) is 24.5 Å². The van der Waals surface area contributed by atoms with E-state index in [1.807, 2.05) is 16.7 Å². The van der Waals surface area contributed by atoms with Crippen molar-refractivity contribution < 1.29 is 14.7 Å². The van der Waals surface area contributed by atoms with Gasteiger partial charge in [0.05, 0.1) is 6.42 Å². The minimum absolute atomic E-state index is 0.00241. The van der Waals surface area contributed by atoms with Crippen molar-refractivity contribution in [3.63, 3.8) is 0 Å². The molecule has 0 unspecified atom stereocenters. The zero-order valence-electron chi connectivity index (χ0n) is 11.2. The zero-order valence-corrected chi connectivity index (χ0v) is 12.0. The number of carbonyl (C=O) groups excluding carboxylic acids is 1. The second-order valence-electron chi connectivity index (χ2n) is 4.65. The van der Waals surface area contributed by atoms with Crippen molar-refractivity contribution in [2.24, 2.45) is 0 Å². The lowest BCUT2D eigenvalue weighted by Crippen LogP contribution is -2.36. The average molecular weight is 294 g/mol. The lowest BCUT2D eigenvalue weighted by Gasteiger charge is -2.20. The second-order valence-corrected chi connectivity index (χ2v) is 5.88. The molecule has 1 aromatic rings. The number of hydrogen-bond donors (Lipinski definition) is 2. The minimum atomic E-state index is -0.858. The number of amides is 2. The van der Waals surface area contributed by atoms with Crippen LogP contribution in [-0.2, 0) is 11.2 Å². The van der Waals surface area contributed by atoms with Crippen molar-refractivity contribution in [1.29, 1.82) is 0 Å². The largest absolute Gasteiger partial charge is 0.481 e. The number of aliphatic carboxylic acids is 1. The van der Waals surface area contributed by atoms with Gasteiger partial charge in [-0.3, -0.25) is 4.79 Å². The molecule has 0 aromatic heterocycles. The normalized spacial score (nSPS) is 15.5. The molecule has 0 bridgehead atoms. The molecule has 1 heterocycles. The number of nitrogens with one attached hydrogen (secondary N) is 1. The van der Waals surface area contributed by atoms with Crippen LogP contribution < -0.4 is 5.32 Å². The van der Waals surface area contributed by atoms with Crippen molar-refractivity contribution >= 4 is 29.4 Å². The summed E-state index contributed by atoms with van der Waals surface area (Å²) in [4.78, 5) is 24.5. The Labute approximate surface area is 122 Å². The Morgan fingerprint density at radius 3 is 2.65 bits per heavy atom. The standard InChI is InChI=1S/C14H18N2O3S/c17-13(18)10-11-2-4-12(5-3-11)15-14(19)16-6-1-8-20-9-7-16/h2-5H,1,6-10H2,(H,15,19)(H,17,18). The summed E-state index contributed by atoms with van der Waals surface area (Å²) in [5.41, 5.74) is 1.42. The molecule has 5 nitrogen and oxygen atoms in total. The molecule has 1 saturated heterocycles. The summed E-state index contributed by atoms with van der Waals surface area (Å²) >= 11 is 1.87. The third-order valence-corrected chi connectivity index (χ3v) is 4.12. The Morgan fingerprint density at radius 2 is 1.95 bits per heavy atom. The molecule has 0 spiro atoms. The third kappa shape index (κ3) is 4.45. The van der Waals surface area contributed by atoms with Crippen LogP contribution in [0.15, 0.2) is 24.3 Å². The zero-order chi connectivity index (χ0) is 14.4. The van der Waals surface area contributed by atoms with E-state index in [-0.39, 0.29) is 12.5 Å². The minimum Gasteiger partial charge on any atom is -0.481 e. The number of carboxylic acids is 1. The first kappa shape index (κ1) is 14.7. The molecule has 108 valence electrons. The molecular weight excluding hydrogens is 276 g/mol. The number of benzene rings is 1. The molecule has 20 heavy (non-hydrogen) atoms. The number of carbonyl (C=O) groups is 2. The second kappa shape index (κ2) is 7.19. The van der Waals surface area contributed by atoms with Gasteiger partial charge in [-0.25, -0.2) is 4.79 Å². The summed E-state index contributed by atoms with van der Waals surface area (Å²) in [5.74, 6) is 1.22. The van der Waals surface area contributed by atoms with E-state index < -0.39 is 5.97 Å². The van der Waals surface area contributed by atoms with E-state index in [0.29, 0.717) is 5.69 Å². The van der Waals surface area contributed by atoms with Crippen LogP contribution in [0.4, 0.5) is 10.5 Å². The first-order valence-electron chi connectivity index (χ1n) is 6.59. The number of carboxylic acid groups (broad SMARTS) is 1. The Bertz CT molecular complexity index is 468. The number of nitrogens with zero attached hydrogens (tertiary/aromatic N) is 1. The van der Waals surface area contributed by atoms with E-state index in [1.165, 1.54) is 0 Å². The smallest absolute Gasteiger partial charge is 0.321 e. The lowest BCUT2D eigenvalue weighted by atomic mass is 10.1. The van der Waals surface area contributed by atoms with Crippen molar-refractivity contribution in [1.82, 2.24) is 4.90 Å². The van der Waals surface area contributed by atoms with E-state index in [4.69, 9.17) is 5.11 Å². The molecule has 6 heteroatoms. The van der Waals surface area contributed by atoms with Gasteiger partial charge in [-0.15, -0.1) is 0 Å².